The third kappa shape index (κ3) is 7.63. The van der Waals surface area contributed by atoms with Crippen molar-refractivity contribution in [2.75, 3.05) is 26.2 Å². The molecule has 168 valence electrons. The number of carbonyl (C=O) groups is 2. The topological polar surface area (TPSA) is 70.7 Å². The molecule has 6 heteroatoms. The maximum atomic E-state index is 12.5. The minimum atomic E-state index is -0.260. The molecule has 1 saturated heterocycles. The summed E-state index contributed by atoms with van der Waals surface area (Å²) >= 11 is 0. The Labute approximate surface area is 181 Å². The van der Waals surface area contributed by atoms with Crippen LogP contribution in [0.5, 0.6) is 0 Å². The van der Waals surface area contributed by atoms with Crippen LogP contribution in [0.4, 0.5) is 4.79 Å². The van der Waals surface area contributed by atoms with Crippen molar-refractivity contribution in [2.24, 2.45) is 5.92 Å². The number of nitrogens with one attached hydrogen (secondary N) is 2. The molecule has 0 saturated carbocycles. The number of likely N-dealkylation sites (tertiary alicyclic amines) is 1. The number of benzene rings is 1. The summed E-state index contributed by atoms with van der Waals surface area (Å²) in [6.45, 7) is 10.3. The first-order valence-corrected chi connectivity index (χ1v) is 11.5. The molecule has 6 nitrogen and oxygen atoms in total. The quantitative estimate of drug-likeness (QED) is 0.602. The number of hydrogen-bond donors (Lipinski definition) is 2. The predicted octanol–water partition coefficient (Wildman–Crippen LogP) is 4.05. The van der Waals surface area contributed by atoms with Crippen LogP contribution in [0.2, 0.25) is 0 Å². The van der Waals surface area contributed by atoms with E-state index < -0.39 is 0 Å². The van der Waals surface area contributed by atoms with Gasteiger partial charge in [-0.05, 0) is 49.7 Å². The highest BCUT2D eigenvalue weighted by molar-refractivity contribution is 5.78. The van der Waals surface area contributed by atoms with Crippen molar-refractivity contribution in [1.82, 2.24) is 15.5 Å². The SMILES string of the molecule is CCCCc1ccc([C@@H](NCC(=O)NC2CCN(C(=O)OCC)CC2)C(C)C)cc1. The van der Waals surface area contributed by atoms with E-state index in [4.69, 9.17) is 4.74 Å². The van der Waals surface area contributed by atoms with E-state index >= 15 is 0 Å². The van der Waals surface area contributed by atoms with E-state index in [1.165, 1.54) is 24.0 Å². The van der Waals surface area contributed by atoms with Crippen LogP contribution in [-0.2, 0) is 16.0 Å². The fourth-order valence-electron chi connectivity index (χ4n) is 3.91. The smallest absolute Gasteiger partial charge is 0.409 e. The monoisotopic (exact) mass is 417 g/mol. The van der Waals surface area contributed by atoms with Crippen LogP contribution in [0.25, 0.3) is 0 Å². The number of hydrogen-bond acceptors (Lipinski definition) is 4. The third-order valence-electron chi connectivity index (χ3n) is 5.69. The van der Waals surface area contributed by atoms with Crippen LogP contribution in [0, 0.1) is 5.92 Å². The van der Waals surface area contributed by atoms with E-state index in [0.29, 0.717) is 32.2 Å². The molecule has 1 aliphatic rings. The van der Waals surface area contributed by atoms with Crippen molar-refractivity contribution < 1.29 is 14.3 Å². The van der Waals surface area contributed by atoms with Gasteiger partial charge in [0, 0.05) is 25.2 Å². The fraction of sp³-hybridized carbons (Fsp3) is 0.667. The molecule has 2 amide bonds. The summed E-state index contributed by atoms with van der Waals surface area (Å²) in [5.74, 6) is 0.391. The molecule has 0 unspecified atom stereocenters. The molecular weight excluding hydrogens is 378 g/mol. The molecule has 1 fully saturated rings. The minimum Gasteiger partial charge on any atom is -0.450 e. The molecule has 1 aromatic rings. The number of aryl methyl sites for hydroxylation is 1. The van der Waals surface area contributed by atoms with Gasteiger partial charge in [-0.2, -0.15) is 0 Å². The van der Waals surface area contributed by atoms with Crippen LogP contribution < -0.4 is 10.6 Å². The zero-order valence-corrected chi connectivity index (χ0v) is 19.1. The number of piperidine rings is 1. The Hall–Kier alpha value is -2.08. The summed E-state index contributed by atoms with van der Waals surface area (Å²) in [6.07, 6.45) is 4.80. The predicted molar refractivity (Wildman–Crippen MR) is 120 cm³/mol. The molecule has 1 aromatic carbocycles. The number of unbranched alkanes of at least 4 members (excludes halogenated alkanes) is 1. The second kappa shape index (κ2) is 12.6. The van der Waals surface area contributed by atoms with Gasteiger partial charge >= 0.3 is 6.09 Å². The van der Waals surface area contributed by atoms with Crippen molar-refractivity contribution in [3.05, 3.63) is 35.4 Å². The molecule has 0 radical (unpaired) electrons. The van der Waals surface area contributed by atoms with Gasteiger partial charge in [0.25, 0.3) is 0 Å². The highest BCUT2D eigenvalue weighted by atomic mass is 16.6. The molecule has 1 aliphatic heterocycles. The Morgan fingerprint density at radius 2 is 1.80 bits per heavy atom. The molecule has 1 atom stereocenters. The van der Waals surface area contributed by atoms with E-state index in [1.807, 2.05) is 6.92 Å². The maximum absolute atomic E-state index is 12.5. The van der Waals surface area contributed by atoms with Crippen molar-refractivity contribution in [3.8, 4) is 0 Å². The normalized spacial score (nSPS) is 15.8. The lowest BCUT2D eigenvalue weighted by Crippen LogP contribution is -2.48. The van der Waals surface area contributed by atoms with Crippen molar-refractivity contribution in [3.63, 3.8) is 0 Å². The zero-order valence-electron chi connectivity index (χ0n) is 19.1. The van der Waals surface area contributed by atoms with E-state index in [1.54, 1.807) is 4.90 Å². The molecule has 0 aliphatic carbocycles. The van der Waals surface area contributed by atoms with Gasteiger partial charge in [0.2, 0.25) is 5.91 Å². The Kier molecular flexibility index (Phi) is 10.1. The lowest BCUT2D eigenvalue weighted by Gasteiger charge is -2.32. The van der Waals surface area contributed by atoms with Gasteiger partial charge in [0.1, 0.15) is 0 Å². The van der Waals surface area contributed by atoms with Crippen molar-refractivity contribution >= 4 is 12.0 Å². The highest BCUT2D eigenvalue weighted by Crippen LogP contribution is 2.22. The van der Waals surface area contributed by atoms with Gasteiger partial charge in [-0.3, -0.25) is 4.79 Å². The third-order valence-corrected chi connectivity index (χ3v) is 5.69. The van der Waals surface area contributed by atoms with Crippen LogP contribution in [0.15, 0.2) is 24.3 Å². The lowest BCUT2D eigenvalue weighted by atomic mass is 9.94. The van der Waals surface area contributed by atoms with Gasteiger partial charge in [-0.1, -0.05) is 51.5 Å². The molecule has 1 heterocycles. The average molecular weight is 418 g/mol. The summed E-state index contributed by atoms with van der Waals surface area (Å²) in [6, 6.07) is 9.04. The first-order valence-electron chi connectivity index (χ1n) is 11.5. The summed E-state index contributed by atoms with van der Waals surface area (Å²) in [7, 11) is 0. The second-order valence-corrected chi connectivity index (χ2v) is 8.48. The van der Waals surface area contributed by atoms with Gasteiger partial charge in [0.15, 0.2) is 0 Å². The first-order chi connectivity index (χ1) is 14.4. The molecule has 0 spiro atoms. The number of ether oxygens (including phenoxy) is 1. The molecule has 2 N–H and O–H groups in total. The molecule has 0 aromatic heterocycles. The maximum Gasteiger partial charge on any atom is 0.409 e. The Morgan fingerprint density at radius 3 is 2.37 bits per heavy atom. The first kappa shape index (κ1) is 24.2. The molecule has 0 bridgehead atoms. The second-order valence-electron chi connectivity index (χ2n) is 8.48. The minimum absolute atomic E-state index is 0.00907. The molecule has 30 heavy (non-hydrogen) atoms. The van der Waals surface area contributed by atoms with Crippen LogP contribution in [0.1, 0.15) is 70.5 Å². The van der Waals surface area contributed by atoms with Gasteiger partial charge in [-0.15, -0.1) is 0 Å². The largest absolute Gasteiger partial charge is 0.450 e. The Morgan fingerprint density at radius 1 is 1.13 bits per heavy atom. The zero-order chi connectivity index (χ0) is 21.9. The standard InChI is InChI=1S/C24H39N3O3/c1-5-7-8-19-9-11-20(12-10-19)23(18(3)4)25-17-22(28)26-21-13-15-27(16-14-21)24(29)30-6-2/h9-12,18,21,23,25H,5-8,13-17H2,1-4H3,(H,26,28)/t23-/m0/s1. The van der Waals surface area contributed by atoms with E-state index in [9.17, 15) is 9.59 Å². The highest BCUT2D eigenvalue weighted by Gasteiger charge is 2.25. The van der Waals surface area contributed by atoms with Crippen molar-refractivity contribution in [1.29, 1.82) is 0 Å². The van der Waals surface area contributed by atoms with E-state index in [2.05, 4.69) is 55.7 Å². The van der Waals surface area contributed by atoms with Crippen molar-refractivity contribution in [2.45, 2.75) is 71.9 Å². The van der Waals surface area contributed by atoms with Crippen LogP contribution in [-0.4, -0.2) is 49.2 Å². The average Bonchev–Trinajstić information content (AvgIpc) is 2.73. The Balaban J connectivity index is 1.79. The lowest BCUT2D eigenvalue weighted by molar-refractivity contribution is -0.121. The van der Waals surface area contributed by atoms with Gasteiger partial charge in [0.05, 0.1) is 13.2 Å². The number of rotatable bonds is 10. The summed E-state index contributed by atoms with van der Waals surface area (Å²) in [5.41, 5.74) is 2.59. The summed E-state index contributed by atoms with van der Waals surface area (Å²) in [4.78, 5) is 26.0. The van der Waals surface area contributed by atoms with Crippen LogP contribution in [0.3, 0.4) is 0 Å². The van der Waals surface area contributed by atoms with Gasteiger partial charge < -0.3 is 20.3 Å². The Bertz CT molecular complexity index is 652. The number of nitrogens with zero attached hydrogens (tertiary/aromatic N) is 1. The summed E-state index contributed by atoms with van der Waals surface area (Å²) in [5, 5.41) is 6.54. The van der Waals surface area contributed by atoms with Gasteiger partial charge in [-0.25, -0.2) is 4.79 Å². The number of carbonyl (C=O) groups excluding carboxylic acids is 2. The van der Waals surface area contributed by atoms with E-state index in [0.717, 1.165) is 19.3 Å². The molecular formula is C24H39N3O3. The fourth-order valence-corrected chi connectivity index (χ4v) is 3.91. The summed E-state index contributed by atoms with van der Waals surface area (Å²) < 4.78 is 5.04. The molecule has 2 rings (SSSR count). The van der Waals surface area contributed by atoms with E-state index in [-0.39, 0.29) is 24.1 Å². The number of amides is 2. The van der Waals surface area contributed by atoms with Crippen LogP contribution >= 0.6 is 0 Å².